The molecule has 0 N–H and O–H groups in total. The first kappa shape index (κ1) is 8.11. The van der Waals surface area contributed by atoms with Gasteiger partial charge in [-0.25, -0.2) is 0 Å². The highest BCUT2D eigenvalue weighted by Crippen LogP contribution is 2.30. The smallest absolute Gasteiger partial charge is 0.166 e. The summed E-state index contributed by atoms with van der Waals surface area (Å²) in [4.78, 5) is 0. The van der Waals surface area contributed by atoms with E-state index in [-0.39, 0.29) is 5.56 Å². The monoisotopic (exact) mass is 158 g/mol. The van der Waals surface area contributed by atoms with Gasteiger partial charge < -0.3 is 0 Å². The summed E-state index contributed by atoms with van der Waals surface area (Å²) in [6, 6.07) is 7.02. The second kappa shape index (κ2) is 2.57. The molecule has 0 aliphatic heterocycles. The molecular weight excluding hydrogens is 153 g/mol. The first-order valence-corrected chi connectivity index (χ1v) is 2.97. The van der Waals surface area contributed by atoms with Crippen LogP contribution in [0.25, 0.3) is 0 Å². The number of benzene rings is 1. The van der Waals surface area contributed by atoms with Crippen molar-refractivity contribution in [2.75, 3.05) is 0 Å². The summed E-state index contributed by atoms with van der Waals surface area (Å²) in [6.45, 7) is 1.37. The van der Waals surface area contributed by atoms with E-state index in [1.807, 2.05) is 0 Å². The standard InChI is InChI=1S/C8H5F3/c1-6-4-2-3-5-7(6)8(9,10)11/h2,5H,1H3. The van der Waals surface area contributed by atoms with Crippen molar-refractivity contribution in [3.05, 3.63) is 35.4 Å². The Balaban J connectivity index is 3.14. The average molecular weight is 158 g/mol. The van der Waals surface area contributed by atoms with Crippen molar-refractivity contribution >= 4 is 0 Å². The summed E-state index contributed by atoms with van der Waals surface area (Å²) >= 11 is 0. The molecule has 0 atom stereocenters. The normalized spacial score (nSPS) is 11.6. The molecule has 2 radical (unpaired) electrons. The Labute approximate surface area is 62.7 Å². The van der Waals surface area contributed by atoms with Crippen LogP contribution in [0, 0.1) is 19.1 Å². The van der Waals surface area contributed by atoms with Gasteiger partial charge in [-0.05, 0) is 36.8 Å². The second-order valence-corrected chi connectivity index (χ2v) is 2.14. The molecule has 11 heavy (non-hydrogen) atoms. The minimum atomic E-state index is -4.28. The van der Waals surface area contributed by atoms with Crippen LogP contribution < -0.4 is 0 Å². The Kier molecular flexibility index (Phi) is 1.89. The van der Waals surface area contributed by atoms with Crippen molar-refractivity contribution < 1.29 is 13.2 Å². The van der Waals surface area contributed by atoms with Crippen LogP contribution in [0.15, 0.2) is 12.1 Å². The zero-order chi connectivity index (χ0) is 8.48. The van der Waals surface area contributed by atoms with Crippen molar-refractivity contribution in [2.24, 2.45) is 0 Å². The van der Waals surface area contributed by atoms with Gasteiger partial charge in [0.25, 0.3) is 0 Å². The van der Waals surface area contributed by atoms with Crippen molar-refractivity contribution in [1.82, 2.24) is 0 Å². The number of halogens is 3. The van der Waals surface area contributed by atoms with Crippen LogP contribution in [0.5, 0.6) is 0 Å². The highest BCUT2D eigenvalue weighted by atomic mass is 19.4. The van der Waals surface area contributed by atoms with Gasteiger partial charge in [0.2, 0.25) is 0 Å². The minimum absolute atomic E-state index is 0.108. The fourth-order valence-corrected chi connectivity index (χ4v) is 0.755. The summed E-state index contributed by atoms with van der Waals surface area (Å²) in [7, 11) is 0. The third kappa shape index (κ3) is 1.73. The minimum Gasteiger partial charge on any atom is -0.166 e. The topological polar surface area (TPSA) is 0 Å². The zero-order valence-electron chi connectivity index (χ0n) is 5.79. The average Bonchev–Trinajstić information content (AvgIpc) is 1.86. The number of aryl methyl sites for hydroxylation is 1. The summed E-state index contributed by atoms with van der Waals surface area (Å²) in [5, 5.41) is 0. The molecule has 0 spiro atoms. The zero-order valence-corrected chi connectivity index (χ0v) is 5.79. The molecule has 1 aromatic carbocycles. The summed E-state index contributed by atoms with van der Waals surface area (Å²) in [6.07, 6.45) is -4.28. The molecule has 0 amide bonds. The van der Waals surface area contributed by atoms with Gasteiger partial charge in [-0.1, -0.05) is 0 Å². The van der Waals surface area contributed by atoms with Crippen LogP contribution in [0.2, 0.25) is 0 Å². The molecule has 0 unspecified atom stereocenters. The Morgan fingerprint density at radius 2 is 2.00 bits per heavy atom. The maximum absolute atomic E-state index is 12.0. The molecule has 0 saturated heterocycles. The number of alkyl halides is 3. The maximum Gasteiger partial charge on any atom is 0.416 e. The summed E-state index contributed by atoms with van der Waals surface area (Å²) in [5.74, 6) is 0. The molecule has 0 aliphatic carbocycles. The van der Waals surface area contributed by atoms with Crippen LogP contribution in [-0.4, -0.2) is 0 Å². The molecular formula is C8H5F3. The van der Waals surface area contributed by atoms with E-state index in [1.54, 1.807) is 0 Å². The lowest BCUT2D eigenvalue weighted by atomic mass is 10.1. The number of hydrogen-bond donors (Lipinski definition) is 0. The molecule has 0 saturated carbocycles. The van der Waals surface area contributed by atoms with Crippen LogP contribution >= 0.6 is 0 Å². The largest absolute Gasteiger partial charge is 0.416 e. The highest BCUT2D eigenvalue weighted by Gasteiger charge is 2.31. The molecule has 0 aromatic heterocycles. The van der Waals surface area contributed by atoms with Gasteiger partial charge in [0.05, 0.1) is 5.56 Å². The molecule has 0 aliphatic rings. The number of hydrogen-bond acceptors (Lipinski definition) is 0. The van der Waals surface area contributed by atoms with Crippen LogP contribution in [0.1, 0.15) is 11.1 Å². The lowest BCUT2D eigenvalue weighted by Crippen LogP contribution is -2.06. The predicted molar refractivity (Wildman–Crippen MR) is 33.9 cm³/mol. The van der Waals surface area contributed by atoms with E-state index >= 15 is 0 Å². The van der Waals surface area contributed by atoms with Gasteiger partial charge in [-0.2, -0.15) is 13.2 Å². The summed E-state index contributed by atoms with van der Waals surface area (Å²) in [5.41, 5.74) is -0.559. The molecule has 0 nitrogen and oxygen atoms in total. The van der Waals surface area contributed by atoms with Crippen molar-refractivity contribution in [3.63, 3.8) is 0 Å². The Morgan fingerprint density at radius 1 is 1.36 bits per heavy atom. The quantitative estimate of drug-likeness (QED) is 0.544. The van der Waals surface area contributed by atoms with E-state index < -0.39 is 11.7 Å². The van der Waals surface area contributed by atoms with Crippen molar-refractivity contribution in [3.8, 4) is 0 Å². The van der Waals surface area contributed by atoms with E-state index in [9.17, 15) is 13.2 Å². The Morgan fingerprint density at radius 3 is 2.36 bits per heavy atom. The summed E-state index contributed by atoms with van der Waals surface area (Å²) < 4.78 is 36.0. The maximum atomic E-state index is 12.0. The predicted octanol–water partition coefficient (Wildman–Crippen LogP) is 2.61. The first-order chi connectivity index (χ1) is 5.02. The SMILES string of the molecule is Cc1[c]c[c]cc1C(F)(F)F. The molecule has 0 bridgehead atoms. The Hall–Kier alpha value is -0.990. The van der Waals surface area contributed by atoms with Crippen LogP contribution in [0.3, 0.4) is 0 Å². The highest BCUT2D eigenvalue weighted by molar-refractivity contribution is 5.26. The second-order valence-electron chi connectivity index (χ2n) is 2.14. The van der Waals surface area contributed by atoms with Gasteiger partial charge in [-0.3, -0.25) is 0 Å². The van der Waals surface area contributed by atoms with E-state index in [4.69, 9.17) is 0 Å². The lowest BCUT2D eigenvalue weighted by Gasteiger charge is -2.07. The molecule has 1 rings (SSSR count). The van der Waals surface area contributed by atoms with E-state index in [2.05, 4.69) is 12.1 Å². The lowest BCUT2D eigenvalue weighted by molar-refractivity contribution is -0.138. The van der Waals surface area contributed by atoms with E-state index in [0.29, 0.717) is 0 Å². The molecule has 58 valence electrons. The Bertz CT molecular complexity index is 250. The van der Waals surface area contributed by atoms with Gasteiger partial charge in [0, 0.05) is 0 Å². The molecule has 1 aromatic rings. The van der Waals surface area contributed by atoms with Gasteiger partial charge in [-0.15, -0.1) is 0 Å². The first-order valence-electron chi connectivity index (χ1n) is 2.97. The van der Waals surface area contributed by atoms with Crippen molar-refractivity contribution in [2.45, 2.75) is 13.1 Å². The third-order valence-corrected chi connectivity index (χ3v) is 1.31. The molecule has 0 fully saturated rings. The van der Waals surface area contributed by atoms with Gasteiger partial charge >= 0.3 is 6.18 Å². The molecule has 0 heterocycles. The fraction of sp³-hybridized carbons (Fsp3) is 0.250. The van der Waals surface area contributed by atoms with Gasteiger partial charge in [0.15, 0.2) is 0 Å². The van der Waals surface area contributed by atoms with Crippen LogP contribution in [-0.2, 0) is 6.18 Å². The third-order valence-electron chi connectivity index (χ3n) is 1.31. The van der Waals surface area contributed by atoms with Crippen LogP contribution in [0.4, 0.5) is 13.2 Å². The van der Waals surface area contributed by atoms with E-state index in [0.717, 1.165) is 6.07 Å². The van der Waals surface area contributed by atoms with Gasteiger partial charge in [0.1, 0.15) is 0 Å². The molecule has 3 heteroatoms. The number of rotatable bonds is 0. The van der Waals surface area contributed by atoms with Crippen molar-refractivity contribution in [1.29, 1.82) is 0 Å². The van der Waals surface area contributed by atoms with E-state index in [1.165, 1.54) is 13.0 Å². The fourth-order valence-electron chi connectivity index (χ4n) is 0.755.